The summed E-state index contributed by atoms with van der Waals surface area (Å²) in [6, 6.07) is 26.2. The Hall–Kier alpha value is -6.38. The van der Waals surface area contributed by atoms with E-state index in [1.54, 1.807) is 31.5 Å². The Morgan fingerprint density at radius 3 is 1.73 bits per heavy atom. The summed E-state index contributed by atoms with van der Waals surface area (Å²) >= 11 is 0. The van der Waals surface area contributed by atoms with Gasteiger partial charge in [0.15, 0.2) is 0 Å². The number of pyridine rings is 2. The number of nitrogens with zero attached hydrogens (tertiary/aromatic N) is 3. The van der Waals surface area contributed by atoms with Gasteiger partial charge in [-0.3, -0.25) is 10.1 Å². The van der Waals surface area contributed by atoms with Crippen LogP contribution in [0.1, 0.15) is 22.3 Å². The van der Waals surface area contributed by atoms with E-state index in [9.17, 15) is 10.1 Å². The van der Waals surface area contributed by atoms with E-state index in [0.29, 0.717) is 22.2 Å². The van der Waals surface area contributed by atoms with E-state index >= 15 is 0 Å². The van der Waals surface area contributed by atoms with Gasteiger partial charge in [0, 0.05) is 62.3 Å². The molecule has 4 N–H and O–H groups in total. The van der Waals surface area contributed by atoms with Crippen LogP contribution >= 0.6 is 0 Å². The number of hydrogen-bond acceptors (Lipinski definition) is 7. The largest absolute Gasteiger partial charge is 0.398 e. The van der Waals surface area contributed by atoms with Crippen LogP contribution in [0.4, 0.5) is 34.4 Å². The van der Waals surface area contributed by atoms with E-state index < -0.39 is 0 Å². The van der Waals surface area contributed by atoms with Crippen LogP contribution in [0, 0.1) is 48.6 Å². The SMILES string of the molecule is C#Cc1cccc(Nc2nccc3c(N)c(C)ccc23)c1.C#Cc1cccc(Nc2nccc3c([N+](=O)[O-])c(C)ccc23)c1. The molecular formula is C36H28N6O2. The Labute approximate surface area is 255 Å². The molecule has 214 valence electrons. The summed E-state index contributed by atoms with van der Waals surface area (Å²) in [5, 5.41) is 21.1. The van der Waals surface area contributed by atoms with Crippen molar-refractivity contribution in [3.05, 3.63) is 130 Å². The molecule has 0 saturated carbocycles. The lowest BCUT2D eigenvalue weighted by molar-refractivity contribution is -0.383. The fourth-order valence-electron chi connectivity index (χ4n) is 4.82. The molecule has 0 unspecified atom stereocenters. The Balaban J connectivity index is 0.000000175. The molecule has 0 spiro atoms. The standard InChI is InChI=1S/C18H13N3O2.C18H15N3/c1-3-13-5-4-6-14(11-13)20-18-16-8-7-12(2)17(21(22)23)15(16)9-10-19-18;1-3-13-5-4-6-14(11-13)21-18-16-8-7-12(2)17(19)15(16)9-10-20-18/h1,4-11H,2H3,(H,19,20);1,4-11H,19H2,2H3,(H,20,21). The predicted octanol–water partition coefficient (Wildman–Crippen LogP) is 8.03. The number of nitrogen functional groups attached to an aromatic ring is 1. The number of fused-ring (bicyclic) bond motifs is 2. The van der Waals surface area contributed by atoms with Crippen LogP contribution < -0.4 is 16.4 Å². The van der Waals surface area contributed by atoms with Crippen LogP contribution in [0.5, 0.6) is 0 Å². The Kier molecular flexibility index (Phi) is 8.37. The van der Waals surface area contributed by atoms with Gasteiger partial charge in [-0.25, -0.2) is 9.97 Å². The number of rotatable bonds is 5. The summed E-state index contributed by atoms with van der Waals surface area (Å²) in [6.07, 6.45) is 14.1. The van der Waals surface area contributed by atoms with E-state index in [1.165, 1.54) is 0 Å². The van der Waals surface area contributed by atoms with Crippen LogP contribution in [0.15, 0.2) is 97.3 Å². The average molecular weight is 577 g/mol. The minimum absolute atomic E-state index is 0.102. The number of benzene rings is 4. The number of nitrogens with one attached hydrogen (secondary N) is 2. The Morgan fingerprint density at radius 1 is 0.705 bits per heavy atom. The number of hydrogen-bond donors (Lipinski definition) is 3. The van der Waals surface area contributed by atoms with E-state index in [-0.39, 0.29) is 10.6 Å². The van der Waals surface area contributed by atoms with Crippen molar-refractivity contribution >= 4 is 55.9 Å². The first-order valence-electron chi connectivity index (χ1n) is 13.6. The summed E-state index contributed by atoms with van der Waals surface area (Å²) in [5.74, 6) is 6.53. The second-order valence-electron chi connectivity index (χ2n) is 9.99. The third-order valence-electron chi connectivity index (χ3n) is 7.09. The fourth-order valence-corrected chi connectivity index (χ4v) is 4.82. The molecule has 0 bridgehead atoms. The summed E-state index contributed by atoms with van der Waals surface area (Å²) in [6.45, 7) is 3.72. The average Bonchev–Trinajstić information content (AvgIpc) is 3.03. The molecule has 4 aromatic carbocycles. The third kappa shape index (κ3) is 6.11. The van der Waals surface area contributed by atoms with E-state index in [2.05, 4.69) is 32.4 Å². The maximum atomic E-state index is 11.3. The summed E-state index contributed by atoms with van der Waals surface area (Å²) in [5.41, 5.74) is 12.0. The highest BCUT2D eigenvalue weighted by Gasteiger charge is 2.17. The van der Waals surface area contributed by atoms with Gasteiger partial charge in [-0.05, 0) is 74.0 Å². The highest BCUT2D eigenvalue weighted by molar-refractivity contribution is 6.01. The minimum atomic E-state index is -0.361. The lowest BCUT2D eigenvalue weighted by Gasteiger charge is -2.11. The van der Waals surface area contributed by atoms with Gasteiger partial charge < -0.3 is 16.4 Å². The molecule has 0 radical (unpaired) electrons. The lowest BCUT2D eigenvalue weighted by atomic mass is 10.1. The maximum absolute atomic E-state index is 11.3. The van der Waals surface area contributed by atoms with E-state index in [4.69, 9.17) is 18.6 Å². The van der Waals surface area contributed by atoms with Crippen molar-refractivity contribution < 1.29 is 4.92 Å². The monoisotopic (exact) mass is 576 g/mol. The number of aryl methyl sites for hydroxylation is 2. The summed E-state index contributed by atoms with van der Waals surface area (Å²) in [4.78, 5) is 19.7. The normalized spacial score (nSPS) is 10.3. The molecule has 44 heavy (non-hydrogen) atoms. The molecule has 0 aliphatic carbocycles. The number of nitro benzene ring substituents is 1. The second kappa shape index (κ2) is 12.6. The van der Waals surface area contributed by atoms with Crippen LogP contribution in [-0.4, -0.2) is 14.9 Å². The number of aromatic nitrogens is 2. The van der Waals surface area contributed by atoms with Gasteiger partial charge in [0.1, 0.15) is 11.6 Å². The maximum Gasteiger partial charge on any atom is 0.280 e. The fraction of sp³-hybridized carbons (Fsp3) is 0.0556. The van der Waals surface area contributed by atoms with Gasteiger partial charge in [-0.1, -0.05) is 42.2 Å². The van der Waals surface area contributed by atoms with Gasteiger partial charge in [0.25, 0.3) is 5.69 Å². The van der Waals surface area contributed by atoms with Crippen molar-refractivity contribution in [2.45, 2.75) is 13.8 Å². The first-order chi connectivity index (χ1) is 21.3. The Morgan fingerprint density at radius 2 is 1.20 bits per heavy atom. The van der Waals surface area contributed by atoms with Crippen molar-refractivity contribution in [2.75, 3.05) is 16.4 Å². The number of nitrogens with two attached hydrogens (primary N) is 1. The summed E-state index contributed by atoms with van der Waals surface area (Å²) < 4.78 is 0. The topological polar surface area (TPSA) is 119 Å². The quantitative estimate of drug-likeness (QED) is 0.0823. The molecule has 8 heteroatoms. The van der Waals surface area contributed by atoms with Crippen molar-refractivity contribution in [3.8, 4) is 24.7 Å². The molecule has 0 saturated heterocycles. The second-order valence-corrected chi connectivity index (χ2v) is 9.99. The van der Waals surface area contributed by atoms with Gasteiger partial charge in [-0.15, -0.1) is 12.8 Å². The number of terminal acetylenes is 2. The zero-order chi connectivity index (χ0) is 31.2. The summed E-state index contributed by atoms with van der Waals surface area (Å²) in [7, 11) is 0. The van der Waals surface area contributed by atoms with Gasteiger partial charge >= 0.3 is 0 Å². The molecule has 2 heterocycles. The van der Waals surface area contributed by atoms with E-state index in [1.807, 2.05) is 79.7 Å². The van der Waals surface area contributed by atoms with Crippen LogP contribution in [-0.2, 0) is 0 Å². The first kappa shape index (κ1) is 29.1. The smallest absolute Gasteiger partial charge is 0.280 e. The van der Waals surface area contributed by atoms with Gasteiger partial charge in [-0.2, -0.15) is 0 Å². The minimum Gasteiger partial charge on any atom is -0.398 e. The zero-order valence-corrected chi connectivity index (χ0v) is 24.1. The van der Waals surface area contributed by atoms with Crippen LogP contribution in [0.2, 0.25) is 0 Å². The molecule has 2 aromatic heterocycles. The lowest BCUT2D eigenvalue weighted by Crippen LogP contribution is -1.98. The molecule has 0 atom stereocenters. The van der Waals surface area contributed by atoms with Gasteiger partial charge in [0.05, 0.1) is 10.3 Å². The molecular weight excluding hydrogens is 548 g/mol. The van der Waals surface area contributed by atoms with Crippen molar-refractivity contribution in [3.63, 3.8) is 0 Å². The number of nitro groups is 1. The highest BCUT2D eigenvalue weighted by Crippen LogP contribution is 2.33. The first-order valence-corrected chi connectivity index (χ1v) is 13.6. The molecule has 6 aromatic rings. The molecule has 8 nitrogen and oxygen atoms in total. The molecule has 0 aliphatic rings. The predicted molar refractivity (Wildman–Crippen MR) is 179 cm³/mol. The highest BCUT2D eigenvalue weighted by atomic mass is 16.6. The number of anilines is 5. The van der Waals surface area contributed by atoms with Crippen molar-refractivity contribution in [2.24, 2.45) is 0 Å². The zero-order valence-electron chi connectivity index (χ0n) is 24.1. The molecule has 0 amide bonds. The Bertz CT molecular complexity index is 2130. The van der Waals surface area contributed by atoms with Crippen LogP contribution in [0.3, 0.4) is 0 Å². The van der Waals surface area contributed by atoms with Gasteiger partial charge in [0.2, 0.25) is 0 Å². The molecule has 0 aliphatic heterocycles. The van der Waals surface area contributed by atoms with Crippen molar-refractivity contribution in [1.29, 1.82) is 0 Å². The third-order valence-corrected chi connectivity index (χ3v) is 7.09. The van der Waals surface area contributed by atoms with Crippen molar-refractivity contribution in [1.82, 2.24) is 9.97 Å². The van der Waals surface area contributed by atoms with E-state index in [0.717, 1.165) is 50.3 Å². The molecule has 6 rings (SSSR count). The molecule has 0 fully saturated rings. The van der Waals surface area contributed by atoms with Crippen LogP contribution in [0.25, 0.3) is 21.5 Å².